The summed E-state index contributed by atoms with van der Waals surface area (Å²) in [6, 6.07) is 13.9. The fraction of sp³-hybridized carbons (Fsp3) is 0.294. The van der Waals surface area contributed by atoms with Crippen LogP contribution in [0.2, 0.25) is 0 Å². The summed E-state index contributed by atoms with van der Waals surface area (Å²) in [7, 11) is 1.77. The van der Waals surface area contributed by atoms with E-state index in [0.29, 0.717) is 11.5 Å². The Morgan fingerprint density at radius 3 is 1.41 bits per heavy atom. The normalized spacial score (nSPS) is 8.96. The van der Waals surface area contributed by atoms with Crippen molar-refractivity contribution in [3.63, 3.8) is 0 Å². The SMILES string of the molecule is CN(C)C.Cc1ccccc1OB([O-])O.Cc1ccccc1OB([O-])[O-].[Ru+3]. The quantitative estimate of drug-likeness (QED) is 0.580. The summed E-state index contributed by atoms with van der Waals surface area (Å²) in [4.78, 5) is 2.00. The molecule has 0 aliphatic heterocycles. The van der Waals surface area contributed by atoms with Crippen molar-refractivity contribution < 1.29 is 48.9 Å². The molecule has 0 heterocycles. The van der Waals surface area contributed by atoms with Gasteiger partial charge in [-0.05, 0) is 58.3 Å². The van der Waals surface area contributed by atoms with Crippen LogP contribution in [0.25, 0.3) is 0 Å². The first-order chi connectivity index (χ1) is 12.1. The van der Waals surface area contributed by atoms with E-state index < -0.39 is 14.6 Å². The Morgan fingerprint density at radius 2 is 1.11 bits per heavy atom. The van der Waals surface area contributed by atoms with Crippen molar-refractivity contribution in [1.82, 2.24) is 4.90 Å². The van der Waals surface area contributed by atoms with Crippen molar-refractivity contribution in [2.24, 2.45) is 0 Å². The Kier molecular flexibility index (Phi) is 16.1. The zero-order valence-electron chi connectivity index (χ0n) is 16.1. The molecule has 0 fully saturated rings. The van der Waals surface area contributed by atoms with Crippen molar-refractivity contribution in [1.29, 1.82) is 0 Å². The first kappa shape index (κ1) is 27.8. The van der Waals surface area contributed by atoms with Crippen molar-refractivity contribution in [2.45, 2.75) is 13.8 Å². The molecule has 7 nitrogen and oxygen atoms in total. The van der Waals surface area contributed by atoms with Crippen LogP contribution in [-0.4, -0.2) is 45.7 Å². The van der Waals surface area contributed by atoms with Gasteiger partial charge in [-0.1, -0.05) is 36.4 Å². The average Bonchev–Trinajstić information content (AvgIpc) is 2.51. The summed E-state index contributed by atoms with van der Waals surface area (Å²) in [5.74, 6) is 0.789. The monoisotopic (exact) mass is 462 g/mol. The minimum atomic E-state index is -2.24. The number of nitrogens with zero attached hydrogens (tertiary/aromatic N) is 1. The summed E-state index contributed by atoms with van der Waals surface area (Å²) in [5, 5.41) is 38.7. The molecule has 0 saturated carbocycles. The van der Waals surface area contributed by atoms with Crippen LogP contribution in [-0.2, 0) is 19.5 Å². The van der Waals surface area contributed by atoms with Crippen molar-refractivity contribution in [3.05, 3.63) is 59.7 Å². The Bertz CT molecular complexity index is 578. The maximum absolute atomic E-state index is 10.2. The van der Waals surface area contributed by atoms with Crippen molar-refractivity contribution in [3.8, 4) is 11.5 Å². The third-order valence-electron chi connectivity index (χ3n) is 2.64. The molecular weight excluding hydrogens is 437 g/mol. The van der Waals surface area contributed by atoms with Gasteiger partial charge in [-0.2, -0.15) is 0 Å². The third kappa shape index (κ3) is 15.4. The smallest absolute Gasteiger partial charge is 0.860 e. The van der Waals surface area contributed by atoms with Gasteiger partial charge in [0.05, 0.1) is 5.75 Å². The van der Waals surface area contributed by atoms with Gasteiger partial charge in [0.15, 0.2) is 0 Å². The molecule has 0 bridgehead atoms. The van der Waals surface area contributed by atoms with Crippen LogP contribution < -0.4 is 24.4 Å². The average molecular weight is 461 g/mol. The largest absolute Gasteiger partial charge is 3.00 e. The van der Waals surface area contributed by atoms with E-state index in [1.54, 1.807) is 50.2 Å². The van der Waals surface area contributed by atoms with E-state index in [-0.39, 0.29) is 19.5 Å². The second-order valence-electron chi connectivity index (χ2n) is 5.70. The van der Waals surface area contributed by atoms with Crippen LogP contribution in [0.4, 0.5) is 0 Å². The molecule has 0 unspecified atom stereocenters. The Morgan fingerprint density at radius 1 is 0.778 bits per heavy atom. The van der Waals surface area contributed by atoms with E-state index in [9.17, 15) is 15.1 Å². The summed E-state index contributed by atoms with van der Waals surface area (Å²) < 4.78 is 8.98. The van der Waals surface area contributed by atoms with Crippen LogP contribution in [0.3, 0.4) is 0 Å². The molecule has 0 amide bonds. The molecular formula is C17H24B2NO6Ru. The second-order valence-corrected chi connectivity index (χ2v) is 5.70. The Hall–Kier alpha value is -1.41. The van der Waals surface area contributed by atoms with Crippen molar-refractivity contribution in [2.75, 3.05) is 21.1 Å². The number of hydrogen-bond acceptors (Lipinski definition) is 7. The Balaban J connectivity index is 0. The number of aryl methyl sites for hydroxylation is 2. The minimum absolute atomic E-state index is 0. The zero-order chi connectivity index (χ0) is 20.1. The van der Waals surface area contributed by atoms with Crippen LogP contribution in [0.1, 0.15) is 11.1 Å². The van der Waals surface area contributed by atoms with Gasteiger partial charge in [-0.15, -0.1) is 0 Å². The summed E-state index contributed by atoms with van der Waals surface area (Å²) >= 11 is 0. The molecule has 147 valence electrons. The van der Waals surface area contributed by atoms with E-state index >= 15 is 0 Å². The van der Waals surface area contributed by atoms with Gasteiger partial charge < -0.3 is 34.3 Å². The van der Waals surface area contributed by atoms with E-state index in [2.05, 4.69) is 9.31 Å². The van der Waals surface area contributed by atoms with Gasteiger partial charge >= 0.3 is 26.8 Å². The standard InChI is InChI=1S/C7H8BO3.C7H7BO3.C3H9N.Ru/c2*1-6-4-2-3-5-7(6)11-8(9)10;1-4(2)3;/h2-5,9H,1H3;2-5H,1H3;1-3H3;/q-1;-2;;+3. The van der Waals surface area contributed by atoms with Gasteiger partial charge in [0.25, 0.3) is 0 Å². The number of rotatable bonds is 4. The molecule has 0 aliphatic carbocycles. The predicted octanol–water partition coefficient (Wildman–Crippen LogP) is -1.03. The topological polar surface area (TPSA) is 111 Å². The number of hydrogen-bond donors (Lipinski definition) is 1. The first-order valence-corrected chi connectivity index (χ1v) is 7.84. The molecule has 2 aromatic rings. The van der Waals surface area contributed by atoms with E-state index in [1.807, 2.05) is 38.2 Å². The summed E-state index contributed by atoms with van der Waals surface area (Å²) in [6.45, 7) is 3.58. The first-order valence-electron chi connectivity index (χ1n) is 7.84. The van der Waals surface area contributed by atoms with Gasteiger partial charge in [0.2, 0.25) is 0 Å². The van der Waals surface area contributed by atoms with Crippen LogP contribution in [0, 0.1) is 13.8 Å². The molecule has 0 aliphatic rings. The fourth-order valence-corrected chi connectivity index (χ4v) is 1.59. The fourth-order valence-electron chi connectivity index (χ4n) is 1.59. The number of para-hydroxylation sites is 2. The predicted molar refractivity (Wildman–Crippen MR) is 97.0 cm³/mol. The summed E-state index contributed by atoms with van der Waals surface area (Å²) in [6.07, 6.45) is 0. The maximum atomic E-state index is 10.2. The van der Waals surface area contributed by atoms with Crippen LogP contribution in [0.5, 0.6) is 11.5 Å². The van der Waals surface area contributed by atoms with Crippen molar-refractivity contribution >= 4 is 14.6 Å². The molecule has 10 heteroatoms. The molecule has 27 heavy (non-hydrogen) atoms. The molecule has 1 N–H and O–H groups in total. The van der Waals surface area contributed by atoms with Gasteiger partial charge in [0, 0.05) is 0 Å². The molecule has 0 aromatic heterocycles. The van der Waals surface area contributed by atoms with Crippen LogP contribution in [0.15, 0.2) is 48.5 Å². The molecule has 2 rings (SSSR count). The van der Waals surface area contributed by atoms with Gasteiger partial charge in [-0.25, -0.2) is 0 Å². The van der Waals surface area contributed by atoms with Gasteiger partial charge in [-0.3, -0.25) is 0 Å². The third-order valence-corrected chi connectivity index (χ3v) is 2.64. The maximum Gasteiger partial charge on any atom is 3.00 e. The zero-order valence-corrected chi connectivity index (χ0v) is 17.8. The van der Waals surface area contributed by atoms with Crippen LogP contribution >= 0.6 is 0 Å². The minimum Gasteiger partial charge on any atom is -0.860 e. The molecule has 0 saturated heterocycles. The van der Waals surface area contributed by atoms with E-state index in [4.69, 9.17) is 5.02 Å². The van der Waals surface area contributed by atoms with E-state index in [0.717, 1.165) is 11.1 Å². The molecule has 0 spiro atoms. The van der Waals surface area contributed by atoms with Gasteiger partial charge in [0.1, 0.15) is 13.1 Å². The second kappa shape index (κ2) is 15.6. The molecule has 0 atom stereocenters. The summed E-state index contributed by atoms with van der Waals surface area (Å²) in [5.41, 5.74) is 1.63. The molecule has 1 radical (unpaired) electrons. The number of benzene rings is 2. The van der Waals surface area contributed by atoms with E-state index in [1.165, 1.54) is 0 Å². The molecule has 2 aromatic carbocycles. The Labute approximate surface area is 174 Å².